The van der Waals surface area contributed by atoms with Gasteiger partial charge in [-0.25, -0.2) is 4.98 Å². The lowest BCUT2D eigenvalue weighted by molar-refractivity contribution is -0.122. The summed E-state index contributed by atoms with van der Waals surface area (Å²) in [6, 6.07) is 13.7. The molecule has 0 spiro atoms. The van der Waals surface area contributed by atoms with E-state index < -0.39 is 6.04 Å². The lowest BCUT2D eigenvalue weighted by atomic mass is 10.1. The molecule has 1 aromatic carbocycles. The van der Waals surface area contributed by atoms with Gasteiger partial charge in [0.05, 0.1) is 18.1 Å². The fraction of sp³-hybridized carbons (Fsp3) is 0.263. The summed E-state index contributed by atoms with van der Waals surface area (Å²) in [6.07, 6.45) is 5.00. The van der Waals surface area contributed by atoms with Gasteiger partial charge in [-0.2, -0.15) is 0 Å². The summed E-state index contributed by atoms with van der Waals surface area (Å²) >= 11 is 1.69. The molecule has 0 fully saturated rings. The number of rotatable bonds is 8. The Balaban J connectivity index is 1.45. The molecule has 2 heterocycles. The van der Waals surface area contributed by atoms with Crippen molar-refractivity contribution in [1.82, 2.24) is 14.9 Å². The fourth-order valence-corrected chi connectivity index (χ4v) is 3.31. The molecule has 0 bridgehead atoms. The highest BCUT2D eigenvalue weighted by Crippen LogP contribution is 2.08. The highest BCUT2D eigenvalue weighted by atomic mass is 32.1. The molecule has 0 aliphatic heterocycles. The molecule has 1 amide bonds. The summed E-state index contributed by atoms with van der Waals surface area (Å²) in [6.45, 7) is 1.37. The monoisotopic (exact) mass is 354 g/mol. The van der Waals surface area contributed by atoms with Crippen LogP contribution in [0.4, 0.5) is 0 Å². The molecule has 130 valence electrons. The predicted octanol–water partition coefficient (Wildman–Crippen LogP) is 2.22. The van der Waals surface area contributed by atoms with Crippen LogP contribution in [0.15, 0.2) is 60.4 Å². The molecule has 0 unspecified atom stereocenters. The summed E-state index contributed by atoms with van der Waals surface area (Å²) in [5, 5.41) is 4.93. The average Bonchev–Trinajstić information content (AvgIpc) is 3.28. The molecule has 0 aliphatic rings. The smallest absolute Gasteiger partial charge is 0.237 e. The lowest BCUT2D eigenvalue weighted by Crippen LogP contribution is -2.42. The summed E-state index contributed by atoms with van der Waals surface area (Å²) in [4.78, 5) is 17.7. The van der Waals surface area contributed by atoms with Crippen LogP contribution in [0.5, 0.6) is 0 Å². The van der Waals surface area contributed by atoms with E-state index in [0.29, 0.717) is 13.0 Å². The van der Waals surface area contributed by atoms with Crippen LogP contribution < -0.4 is 11.1 Å². The highest BCUT2D eigenvalue weighted by Gasteiger charge is 2.15. The zero-order chi connectivity index (χ0) is 17.5. The Bertz CT molecular complexity index is 783. The number of amides is 1. The maximum Gasteiger partial charge on any atom is 0.237 e. The van der Waals surface area contributed by atoms with Gasteiger partial charge in [-0.05, 0) is 23.4 Å². The summed E-state index contributed by atoms with van der Waals surface area (Å²) in [7, 11) is 0. The van der Waals surface area contributed by atoms with Crippen molar-refractivity contribution in [3.05, 3.63) is 76.5 Å². The average molecular weight is 354 g/mol. The van der Waals surface area contributed by atoms with Crippen LogP contribution in [-0.2, 0) is 24.2 Å². The minimum Gasteiger partial charge on any atom is -0.354 e. The number of hydrogen-bond donors (Lipinski definition) is 2. The van der Waals surface area contributed by atoms with Gasteiger partial charge in [0.2, 0.25) is 5.91 Å². The third-order valence-corrected chi connectivity index (χ3v) is 4.85. The van der Waals surface area contributed by atoms with Gasteiger partial charge in [-0.15, -0.1) is 11.3 Å². The fourth-order valence-electron chi connectivity index (χ4n) is 2.61. The number of imidazole rings is 1. The standard InChI is InChI=1S/C19H22N4OS/c20-18(19(24)21-9-8-17-7-4-10-25-17)11-16-13-23(14-22-16)12-15-5-2-1-3-6-15/h1-7,10,13-14,18H,8-9,11-12,20H2,(H,21,24)/t18-/m0/s1. The first-order valence-corrected chi connectivity index (χ1v) is 9.19. The zero-order valence-corrected chi connectivity index (χ0v) is 14.8. The van der Waals surface area contributed by atoms with E-state index in [2.05, 4.69) is 28.5 Å². The first kappa shape index (κ1) is 17.4. The molecule has 0 aliphatic carbocycles. The number of benzene rings is 1. The van der Waals surface area contributed by atoms with Gasteiger partial charge in [0.25, 0.3) is 0 Å². The second-order valence-electron chi connectivity index (χ2n) is 5.95. The van der Waals surface area contributed by atoms with Crippen molar-refractivity contribution in [3.63, 3.8) is 0 Å². The second-order valence-corrected chi connectivity index (χ2v) is 6.99. The number of hydrogen-bond acceptors (Lipinski definition) is 4. The van der Waals surface area contributed by atoms with Crippen molar-refractivity contribution >= 4 is 17.2 Å². The molecule has 25 heavy (non-hydrogen) atoms. The van der Waals surface area contributed by atoms with Crippen molar-refractivity contribution in [1.29, 1.82) is 0 Å². The molecule has 0 saturated heterocycles. The van der Waals surface area contributed by atoms with E-state index in [0.717, 1.165) is 18.7 Å². The third-order valence-electron chi connectivity index (χ3n) is 3.91. The highest BCUT2D eigenvalue weighted by molar-refractivity contribution is 7.09. The van der Waals surface area contributed by atoms with Crippen molar-refractivity contribution in [2.24, 2.45) is 5.73 Å². The van der Waals surface area contributed by atoms with Crippen LogP contribution in [0.3, 0.4) is 0 Å². The van der Waals surface area contributed by atoms with Crippen molar-refractivity contribution < 1.29 is 4.79 Å². The number of carbonyl (C=O) groups is 1. The number of thiophene rings is 1. The lowest BCUT2D eigenvalue weighted by Gasteiger charge is -2.10. The quantitative estimate of drug-likeness (QED) is 0.651. The summed E-state index contributed by atoms with van der Waals surface area (Å²) < 4.78 is 2.01. The number of nitrogens with zero attached hydrogens (tertiary/aromatic N) is 2. The maximum atomic E-state index is 12.1. The van der Waals surface area contributed by atoms with E-state index in [4.69, 9.17) is 5.73 Å². The Hall–Kier alpha value is -2.44. The Labute approximate surface area is 151 Å². The largest absolute Gasteiger partial charge is 0.354 e. The van der Waals surface area contributed by atoms with Gasteiger partial charge >= 0.3 is 0 Å². The number of aromatic nitrogens is 2. The Morgan fingerprint density at radius 1 is 1.24 bits per heavy atom. The first-order chi connectivity index (χ1) is 12.2. The molecular weight excluding hydrogens is 332 g/mol. The zero-order valence-electron chi connectivity index (χ0n) is 14.0. The van der Waals surface area contributed by atoms with Gasteiger partial charge in [0.1, 0.15) is 0 Å². The van der Waals surface area contributed by atoms with Crippen LogP contribution in [0.25, 0.3) is 0 Å². The van der Waals surface area contributed by atoms with Gasteiger partial charge in [-0.3, -0.25) is 4.79 Å². The van der Waals surface area contributed by atoms with Crippen LogP contribution in [0.1, 0.15) is 16.1 Å². The van der Waals surface area contributed by atoms with Crippen molar-refractivity contribution in [2.75, 3.05) is 6.54 Å². The van der Waals surface area contributed by atoms with Gasteiger partial charge in [0.15, 0.2) is 0 Å². The molecule has 3 rings (SSSR count). The number of nitrogens with one attached hydrogen (secondary N) is 1. The second kappa shape index (κ2) is 8.60. The number of carbonyl (C=O) groups excluding carboxylic acids is 1. The Morgan fingerprint density at radius 2 is 2.08 bits per heavy atom. The van der Waals surface area contributed by atoms with Crippen LogP contribution >= 0.6 is 11.3 Å². The summed E-state index contributed by atoms with van der Waals surface area (Å²) in [5.74, 6) is -0.130. The van der Waals surface area contributed by atoms with Gasteiger partial charge in [0, 0.05) is 30.6 Å². The molecule has 3 N–H and O–H groups in total. The predicted molar refractivity (Wildman–Crippen MR) is 100 cm³/mol. The molecule has 3 aromatic rings. The third kappa shape index (κ3) is 5.27. The Morgan fingerprint density at radius 3 is 2.84 bits per heavy atom. The van der Waals surface area contributed by atoms with Gasteiger partial charge < -0.3 is 15.6 Å². The maximum absolute atomic E-state index is 12.1. The molecule has 5 nitrogen and oxygen atoms in total. The van der Waals surface area contributed by atoms with E-state index in [1.807, 2.05) is 40.4 Å². The Kier molecular flexibility index (Phi) is 5.98. The molecule has 0 radical (unpaired) electrons. The van der Waals surface area contributed by atoms with Crippen LogP contribution in [0.2, 0.25) is 0 Å². The minimum absolute atomic E-state index is 0.130. The molecular formula is C19H22N4OS. The van der Waals surface area contributed by atoms with E-state index in [-0.39, 0.29) is 5.91 Å². The van der Waals surface area contributed by atoms with Crippen LogP contribution in [0, 0.1) is 0 Å². The van der Waals surface area contributed by atoms with E-state index >= 15 is 0 Å². The van der Waals surface area contributed by atoms with E-state index in [9.17, 15) is 4.79 Å². The van der Waals surface area contributed by atoms with Crippen LogP contribution in [-0.4, -0.2) is 28.0 Å². The van der Waals surface area contributed by atoms with E-state index in [1.54, 1.807) is 17.7 Å². The molecule has 1 atom stereocenters. The van der Waals surface area contributed by atoms with E-state index in [1.165, 1.54) is 10.4 Å². The number of nitrogens with two attached hydrogens (primary N) is 1. The molecule has 0 saturated carbocycles. The molecule has 2 aromatic heterocycles. The SMILES string of the molecule is N[C@@H](Cc1cn(Cc2ccccc2)cn1)C(=O)NCCc1cccs1. The normalized spacial score (nSPS) is 12.0. The summed E-state index contributed by atoms with van der Waals surface area (Å²) in [5.41, 5.74) is 8.05. The molecule has 6 heteroatoms. The van der Waals surface area contributed by atoms with Crippen molar-refractivity contribution in [2.45, 2.75) is 25.4 Å². The first-order valence-electron chi connectivity index (χ1n) is 8.31. The van der Waals surface area contributed by atoms with Crippen molar-refractivity contribution in [3.8, 4) is 0 Å². The minimum atomic E-state index is -0.580. The van der Waals surface area contributed by atoms with Gasteiger partial charge in [-0.1, -0.05) is 36.4 Å². The topological polar surface area (TPSA) is 72.9 Å².